The molecule has 1 N–H and O–H groups in total. The van der Waals surface area contributed by atoms with Crippen LogP contribution in [0, 0.1) is 0 Å². The van der Waals surface area contributed by atoms with E-state index in [2.05, 4.69) is 44.2 Å². The highest BCUT2D eigenvalue weighted by atomic mass is 32.1. The van der Waals surface area contributed by atoms with Gasteiger partial charge in [-0.15, -0.1) is 0 Å². The Hall–Kier alpha value is -2.20. The largest absolute Gasteiger partial charge is 0.366 e. The van der Waals surface area contributed by atoms with Crippen molar-refractivity contribution in [3.63, 3.8) is 0 Å². The van der Waals surface area contributed by atoms with Gasteiger partial charge in [0.05, 0.1) is 0 Å². The second kappa shape index (κ2) is 6.30. The fourth-order valence-electron chi connectivity index (χ4n) is 1.95. The van der Waals surface area contributed by atoms with Crippen LogP contribution in [0.3, 0.4) is 0 Å². The molecule has 0 unspecified atom stereocenters. The second-order valence-corrected chi connectivity index (χ2v) is 5.29. The number of rotatable bonds is 5. The molecular formula is C16H15N3S. The van der Waals surface area contributed by atoms with Crippen molar-refractivity contribution in [1.82, 2.24) is 9.97 Å². The van der Waals surface area contributed by atoms with Crippen molar-refractivity contribution in [1.29, 1.82) is 0 Å². The molecule has 0 saturated heterocycles. The number of thiophene rings is 1. The zero-order chi connectivity index (χ0) is 13.6. The lowest BCUT2D eigenvalue weighted by molar-refractivity contribution is 0.958. The highest BCUT2D eigenvalue weighted by molar-refractivity contribution is 7.07. The van der Waals surface area contributed by atoms with E-state index in [-0.39, 0.29) is 0 Å². The Morgan fingerprint density at radius 1 is 1.00 bits per heavy atom. The van der Waals surface area contributed by atoms with E-state index < -0.39 is 0 Å². The Morgan fingerprint density at radius 3 is 2.70 bits per heavy atom. The summed E-state index contributed by atoms with van der Waals surface area (Å²) >= 11 is 1.71. The van der Waals surface area contributed by atoms with Gasteiger partial charge in [0.15, 0.2) is 0 Å². The lowest BCUT2D eigenvalue weighted by atomic mass is 10.1. The third-order valence-electron chi connectivity index (χ3n) is 2.96. The van der Waals surface area contributed by atoms with Crippen molar-refractivity contribution >= 4 is 17.2 Å². The van der Waals surface area contributed by atoms with E-state index in [1.807, 2.05) is 24.3 Å². The summed E-state index contributed by atoms with van der Waals surface area (Å²) in [6, 6.07) is 14.3. The summed E-state index contributed by atoms with van der Waals surface area (Å²) in [5, 5.41) is 7.55. The standard InChI is InChI=1S/C16H15N3S/c1-2-4-13(5-3-1)10-16-17-8-6-15(19-16)18-11-14-7-9-20-12-14/h1-9,12H,10-11H2,(H,17,18,19). The minimum absolute atomic E-state index is 0.759. The molecule has 0 bridgehead atoms. The molecule has 3 aromatic rings. The summed E-state index contributed by atoms with van der Waals surface area (Å²) in [6.07, 6.45) is 2.57. The SMILES string of the molecule is c1ccc(Cc2nccc(NCc3ccsc3)n2)cc1. The molecule has 2 aromatic heterocycles. The van der Waals surface area contributed by atoms with Gasteiger partial charge in [0.25, 0.3) is 0 Å². The normalized spacial score (nSPS) is 10.4. The van der Waals surface area contributed by atoms with Crippen LogP contribution >= 0.6 is 11.3 Å². The topological polar surface area (TPSA) is 37.8 Å². The number of hydrogen-bond donors (Lipinski definition) is 1. The second-order valence-electron chi connectivity index (χ2n) is 4.51. The summed E-state index contributed by atoms with van der Waals surface area (Å²) in [4.78, 5) is 8.88. The minimum Gasteiger partial charge on any atom is -0.366 e. The van der Waals surface area contributed by atoms with E-state index in [0.29, 0.717) is 0 Å². The van der Waals surface area contributed by atoms with E-state index in [1.165, 1.54) is 11.1 Å². The molecular weight excluding hydrogens is 266 g/mol. The van der Waals surface area contributed by atoms with E-state index in [4.69, 9.17) is 0 Å². The van der Waals surface area contributed by atoms with E-state index in [9.17, 15) is 0 Å². The van der Waals surface area contributed by atoms with E-state index in [0.717, 1.165) is 24.6 Å². The number of nitrogens with one attached hydrogen (secondary N) is 1. The van der Waals surface area contributed by atoms with Gasteiger partial charge in [-0.25, -0.2) is 9.97 Å². The molecule has 0 radical (unpaired) electrons. The van der Waals surface area contributed by atoms with Crippen LogP contribution in [0.2, 0.25) is 0 Å². The molecule has 3 nitrogen and oxygen atoms in total. The van der Waals surface area contributed by atoms with Gasteiger partial charge in [-0.1, -0.05) is 30.3 Å². The molecule has 100 valence electrons. The summed E-state index contributed by atoms with van der Waals surface area (Å²) in [7, 11) is 0. The van der Waals surface area contributed by atoms with Crippen LogP contribution in [0.5, 0.6) is 0 Å². The summed E-state index contributed by atoms with van der Waals surface area (Å²) < 4.78 is 0. The van der Waals surface area contributed by atoms with Gasteiger partial charge in [0.1, 0.15) is 11.6 Å². The molecule has 0 spiro atoms. The van der Waals surface area contributed by atoms with Gasteiger partial charge < -0.3 is 5.32 Å². The quantitative estimate of drug-likeness (QED) is 0.774. The van der Waals surface area contributed by atoms with Crippen LogP contribution < -0.4 is 5.32 Å². The first-order valence-electron chi connectivity index (χ1n) is 6.51. The summed E-state index contributed by atoms with van der Waals surface area (Å²) in [5.41, 5.74) is 2.50. The minimum atomic E-state index is 0.759. The molecule has 3 rings (SSSR count). The Balaban J connectivity index is 1.66. The van der Waals surface area contributed by atoms with Crippen LogP contribution in [-0.4, -0.2) is 9.97 Å². The molecule has 2 heterocycles. The smallest absolute Gasteiger partial charge is 0.135 e. The molecule has 1 aromatic carbocycles. The van der Waals surface area contributed by atoms with Gasteiger partial charge in [-0.05, 0) is 34.0 Å². The number of anilines is 1. The predicted molar refractivity (Wildman–Crippen MR) is 82.9 cm³/mol. The van der Waals surface area contributed by atoms with Gasteiger partial charge in [-0.2, -0.15) is 11.3 Å². The van der Waals surface area contributed by atoms with E-state index >= 15 is 0 Å². The average molecular weight is 281 g/mol. The maximum Gasteiger partial charge on any atom is 0.135 e. The van der Waals surface area contributed by atoms with Crippen LogP contribution in [0.1, 0.15) is 17.0 Å². The molecule has 0 atom stereocenters. The predicted octanol–water partition coefficient (Wildman–Crippen LogP) is 3.74. The third kappa shape index (κ3) is 3.42. The van der Waals surface area contributed by atoms with Crippen molar-refractivity contribution in [2.45, 2.75) is 13.0 Å². The first-order valence-corrected chi connectivity index (χ1v) is 7.45. The number of nitrogens with zero attached hydrogens (tertiary/aromatic N) is 2. The maximum absolute atomic E-state index is 4.55. The fourth-order valence-corrected chi connectivity index (χ4v) is 2.62. The Labute approximate surface area is 122 Å². The molecule has 0 fully saturated rings. The molecule has 0 saturated carbocycles. The van der Waals surface area contributed by atoms with Crippen molar-refractivity contribution < 1.29 is 0 Å². The molecule has 0 aliphatic rings. The van der Waals surface area contributed by atoms with E-state index in [1.54, 1.807) is 17.5 Å². The number of hydrogen-bond acceptors (Lipinski definition) is 4. The molecule has 20 heavy (non-hydrogen) atoms. The number of aromatic nitrogens is 2. The van der Waals surface area contributed by atoms with Crippen LogP contribution in [-0.2, 0) is 13.0 Å². The Morgan fingerprint density at radius 2 is 1.90 bits per heavy atom. The van der Waals surface area contributed by atoms with Gasteiger partial charge in [0.2, 0.25) is 0 Å². The molecule has 0 aliphatic carbocycles. The van der Waals surface area contributed by atoms with Gasteiger partial charge >= 0.3 is 0 Å². The van der Waals surface area contributed by atoms with Crippen LogP contribution in [0.4, 0.5) is 5.82 Å². The van der Waals surface area contributed by atoms with Crippen molar-refractivity contribution in [3.8, 4) is 0 Å². The first-order chi connectivity index (χ1) is 9.90. The van der Waals surface area contributed by atoms with Crippen LogP contribution in [0.25, 0.3) is 0 Å². The third-order valence-corrected chi connectivity index (χ3v) is 3.70. The number of benzene rings is 1. The van der Waals surface area contributed by atoms with Gasteiger partial charge in [-0.3, -0.25) is 0 Å². The van der Waals surface area contributed by atoms with Crippen molar-refractivity contribution in [2.75, 3.05) is 5.32 Å². The van der Waals surface area contributed by atoms with Crippen molar-refractivity contribution in [2.24, 2.45) is 0 Å². The fraction of sp³-hybridized carbons (Fsp3) is 0.125. The zero-order valence-electron chi connectivity index (χ0n) is 11.0. The summed E-state index contributed by atoms with van der Waals surface area (Å²) in [6.45, 7) is 0.797. The molecule has 4 heteroatoms. The molecule has 0 amide bonds. The average Bonchev–Trinajstić information content (AvgIpc) is 3.00. The summed E-state index contributed by atoms with van der Waals surface area (Å²) in [5.74, 6) is 1.71. The van der Waals surface area contributed by atoms with Gasteiger partial charge in [0, 0.05) is 19.2 Å². The zero-order valence-corrected chi connectivity index (χ0v) is 11.8. The Kier molecular flexibility index (Phi) is 4.04. The Bertz CT molecular complexity index is 651. The highest BCUT2D eigenvalue weighted by Crippen LogP contribution is 2.11. The maximum atomic E-state index is 4.55. The van der Waals surface area contributed by atoms with Crippen molar-refractivity contribution in [3.05, 3.63) is 76.4 Å². The highest BCUT2D eigenvalue weighted by Gasteiger charge is 2.01. The lowest BCUT2D eigenvalue weighted by Crippen LogP contribution is -2.04. The lowest BCUT2D eigenvalue weighted by Gasteiger charge is -2.06. The monoisotopic (exact) mass is 281 g/mol. The first kappa shape index (κ1) is 12.8. The van der Waals surface area contributed by atoms with Crippen LogP contribution in [0.15, 0.2) is 59.4 Å². The molecule has 0 aliphatic heterocycles.